The molecule has 0 spiro atoms. The van der Waals surface area contributed by atoms with Crippen LogP contribution in [0.25, 0.3) is 0 Å². The summed E-state index contributed by atoms with van der Waals surface area (Å²) in [7, 11) is 1.44. The summed E-state index contributed by atoms with van der Waals surface area (Å²) in [5, 5.41) is 11.9. The molecule has 1 aromatic rings. The van der Waals surface area contributed by atoms with E-state index in [0.29, 0.717) is 0 Å². The van der Waals surface area contributed by atoms with Crippen molar-refractivity contribution in [2.24, 2.45) is 0 Å². The minimum absolute atomic E-state index is 0.0825. The lowest BCUT2D eigenvalue weighted by Crippen LogP contribution is -2.50. The van der Waals surface area contributed by atoms with Crippen molar-refractivity contribution in [2.45, 2.75) is 18.9 Å². The molecule has 0 bridgehead atoms. The van der Waals surface area contributed by atoms with Crippen LogP contribution in [0.2, 0.25) is 5.02 Å². The lowest BCUT2D eigenvalue weighted by atomic mass is 9.98. The molecule has 1 unspecified atom stereocenters. The van der Waals surface area contributed by atoms with E-state index in [2.05, 4.69) is 21.2 Å². The minimum Gasteiger partial charge on any atom is -0.481 e. The molecule has 0 saturated heterocycles. The summed E-state index contributed by atoms with van der Waals surface area (Å²) >= 11 is 9.25. The molecule has 0 aliphatic carbocycles. The Balaban J connectivity index is 2.93. The molecule has 2 N–H and O–H groups in total. The molecule has 1 atom stereocenters. The van der Waals surface area contributed by atoms with Crippen LogP contribution in [0.3, 0.4) is 0 Å². The zero-order valence-electron chi connectivity index (χ0n) is 11.1. The van der Waals surface area contributed by atoms with Crippen LogP contribution in [0, 0.1) is 0 Å². The molecule has 0 aliphatic heterocycles. The third kappa shape index (κ3) is 4.77. The lowest BCUT2D eigenvalue weighted by Gasteiger charge is -2.28. The molecule has 0 aromatic heterocycles. The summed E-state index contributed by atoms with van der Waals surface area (Å²) in [5.41, 5.74) is -0.726. The number of carbonyl (C=O) groups excluding carboxylic acids is 1. The smallest absolute Gasteiger partial charge is 0.305 e. The number of hydrogen-bond acceptors (Lipinski definition) is 3. The Hall–Kier alpha value is -1.11. The summed E-state index contributed by atoms with van der Waals surface area (Å²) < 4.78 is 5.73. The zero-order chi connectivity index (χ0) is 15.3. The summed E-state index contributed by atoms with van der Waals surface area (Å²) in [6.45, 7) is 1.69. The highest BCUT2D eigenvalue weighted by Crippen LogP contribution is 2.22. The molecular formula is C13H15BrClNO4. The first-order valence-electron chi connectivity index (χ1n) is 5.76. The molecule has 110 valence electrons. The number of benzene rings is 1. The molecule has 0 saturated carbocycles. The quantitative estimate of drug-likeness (QED) is 0.814. The van der Waals surface area contributed by atoms with E-state index < -0.39 is 17.4 Å². The standard InChI is InChI=1S/C13H15BrClNO4/c1-13(7-20-2,6-11(17)18)16-12(19)9-4-3-8(14)5-10(9)15/h3-5H,6-7H2,1-2H3,(H,16,19)(H,17,18). The average Bonchev–Trinajstić information content (AvgIpc) is 2.26. The third-order valence-corrected chi connectivity index (χ3v) is 3.40. The van der Waals surface area contributed by atoms with Crippen molar-refractivity contribution in [1.82, 2.24) is 5.32 Å². The molecule has 0 fully saturated rings. The van der Waals surface area contributed by atoms with E-state index in [1.54, 1.807) is 25.1 Å². The molecule has 1 amide bonds. The van der Waals surface area contributed by atoms with Gasteiger partial charge in [-0.2, -0.15) is 0 Å². The Morgan fingerprint density at radius 3 is 2.65 bits per heavy atom. The van der Waals surface area contributed by atoms with Crippen LogP contribution >= 0.6 is 27.5 Å². The number of rotatable bonds is 6. The zero-order valence-corrected chi connectivity index (χ0v) is 13.4. The first-order chi connectivity index (χ1) is 9.27. The fourth-order valence-corrected chi connectivity index (χ4v) is 2.56. The number of hydrogen-bond donors (Lipinski definition) is 2. The van der Waals surface area contributed by atoms with Crippen molar-refractivity contribution in [2.75, 3.05) is 13.7 Å². The van der Waals surface area contributed by atoms with E-state index >= 15 is 0 Å². The van der Waals surface area contributed by atoms with Crippen molar-refractivity contribution < 1.29 is 19.4 Å². The molecular weight excluding hydrogens is 350 g/mol. The maximum absolute atomic E-state index is 12.2. The van der Waals surface area contributed by atoms with Crippen LogP contribution in [-0.2, 0) is 9.53 Å². The highest BCUT2D eigenvalue weighted by atomic mass is 79.9. The molecule has 1 aromatic carbocycles. The largest absolute Gasteiger partial charge is 0.481 e. The van der Waals surface area contributed by atoms with Gasteiger partial charge >= 0.3 is 5.97 Å². The molecule has 0 aliphatic rings. The molecule has 0 heterocycles. The van der Waals surface area contributed by atoms with E-state index in [1.165, 1.54) is 7.11 Å². The number of ether oxygens (including phenoxy) is 1. The summed E-state index contributed by atoms with van der Waals surface area (Å²) in [6, 6.07) is 4.85. The Bertz CT molecular complexity index is 523. The predicted octanol–water partition coefficient (Wildman–Crippen LogP) is 2.71. The number of amides is 1. The summed E-state index contributed by atoms with van der Waals surface area (Å²) in [5.74, 6) is -1.46. The van der Waals surface area contributed by atoms with Crippen molar-refractivity contribution in [3.8, 4) is 0 Å². The Labute approximate surface area is 130 Å². The average molecular weight is 365 g/mol. The van der Waals surface area contributed by atoms with Gasteiger partial charge in [0.05, 0.1) is 29.2 Å². The van der Waals surface area contributed by atoms with E-state index in [9.17, 15) is 9.59 Å². The number of methoxy groups -OCH3 is 1. The van der Waals surface area contributed by atoms with Crippen LogP contribution < -0.4 is 5.32 Å². The molecule has 5 nitrogen and oxygen atoms in total. The van der Waals surface area contributed by atoms with Gasteiger partial charge in [0.2, 0.25) is 0 Å². The van der Waals surface area contributed by atoms with Crippen molar-refractivity contribution in [1.29, 1.82) is 0 Å². The maximum atomic E-state index is 12.2. The van der Waals surface area contributed by atoms with Crippen LogP contribution in [0.5, 0.6) is 0 Å². The number of halogens is 2. The molecule has 20 heavy (non-hydrogen) atoms. The second kappa shape index (κ2) is 7.06. The van der Waals surface area contributed by atoms with Crippen LogP contribution in [0.15, 0.2) is 22.7 Å². The van der Waals surface area contributed by atoms with E-state index in [-0.39, 0.29) is 23.6 Å². The lowest BCUT2D eigenvalue weighted by molar-refractivity contribution is -0.139. The van der Waals surface area contributed by atoms with Gasteiger partial charge in [0.25, 0.3) is 5.91 Å². The van der Waals surface area contributed by atoms with Gasteiger partial charge in [-0.15, -0.1) is 0 Å². The number of nitrogens with one attached hydrogen (secondary N) is 1. The van der Waals surface area contributed by atoms with Gasteiger partial charge < -0.3 is 15.2 Å². The number of carbonyl (C=O) groups is 2. The molecule has 0 radical (unpaired) electrons. The Morgan fingerprint density at radius 1 is 1.50 bits per heavy atom. The monoisotopic (exact) mass is 363 g/mol. The van der Waals surface area contributed by atoms with Crippen LogP contribution in [-0.4, -0.2) is 36.2 Å². The van der Waals surface area contributed by atoms with Crippen molar-refractivity contribution in [3.05, 3.63) is 33.3 Å². The van der Waals surface area contributed by atoms with Crippen molar-refractivity contribution >= 4 is 39.4 Å². The second-order valence-electron chi connectivity index (χ2n) is 4.64. The molecule has 1 rings (SSSR count). The van der Waals surface area contributed by atoms with Gasteiger partial charge in [0, 0.05) is 11.6 Å². The van der Waals surface area contributed by atoms with Gasteiger partial charge in [0.1, 0.15) is 0 Å². The normalized spacial score (nSPS) is 13.6. The Morgan fingerprint density at radius 2 is 2.15 bits per heavy atom. The fraction of sp³-hybridized carbons (Fsp3) is 0.385. The fourth-order valence-electron chi connectivity index (χ4n) is 1.80. The van der Waals surface area contributed by atoms with Crippen molar-refractivity contribution in [3.63, 3.8) is 0 Å². The first kappa shape index (κ1) is 16.9. The predicted molar refractivity (Wildman–Crippen MR) is 79.2 cm³/mol. The SMILES string of the molecule is COCC(C)(CC(=O)O)NC(=O)c1ccc(Br)cc1Cl. The van der Waals surface area contributed by atoms with E-state index in [0.717, 1.165) is 4.47 Å². The van der Waals surface area contributed by atoms with Gasteiger partial charge in [-0.05, 0) is 25.1 Å². The highest BCUT2D eigenvalue weighted by Gasteiger charge is 2.30. The van der Waals surface area contributed by atoms with Gasteiger partial charge in [-0.25, -0.2) is 0 Å². The maximum Gasteiger partial charge on any atom is 0.305 e. The minimum atomic E-state index is -1.02. The van der Waals surface area contributed by atoms with Crippen LogP contribution in [0.1, 0.15) is 23.7 Å². The number of carboxylic acid groups (broad SMARTS) is 1. The topological polar surface area (TPSA) is 75.6 Å². The second-order valence-corrected chi connectivity index (χ2v) is 5.97. The highest BCUT2D eigenvalue weighted by molar-refractivity contribution is 9.10. The van der Waals surface area contributed by atoms with E-state index in [1.807, 2.05) is 0 Å². The Kier molecular flexibility index (Phi) is 5.98. The number of carboxylic acids is 1. The van der Waals surface area contributed by atoms with Gasteiger partial charge in [-0.3, -0.25) is 9.59 Å². The van der Waals surface area contributed by atoms with Gasteiger partial charge in [-0.1, -0.05) is 27.5 Å². The summed E-state index contributed by atoms with van der Waals surface area (Å²) in [4.78, 5) is 23.1. The molecule has 7 heteroatoms. The van der Waals surface area contributed by atoms with Gasteiger partial charge in [0.15, 0.2) is 0 Å². The number of aliphatic carboxylic acids is 1. The van der Waals surface area contributed by atoms with E-state index in [4.69, 9.17) is 21.4 Å². The van der Waals surface area contributed by atoms with Crippen LogP contribution in [0.4, 0.5) is 0 Å². The third-order valence-electron chi connectivity index (χ3n) is 2.60. The summed E-state index contributed by atoms with van der Waals surface area (Å²) in [6.07, 6.45) is -0.249. The first-order valence-corrected chi connectivity index (χ1v) is 6.93.